The normalized spacial score (nSPS) is 10.5. The Kier molecular flexibility index (Phi) is 4.79. The van der Waals surface area contributed by atoms with Crippen LogP contribution in [0.3, 0.4) is 0 Å². The molecule has 2 nitrogen and oxygen atoms in total. The molecule has 0 amide bonds. The number of para-hydroxylation sites is 1. The third-order valence-electron chi connectivity index (χ3n) is 3.79. The topological polar surface area (TPSA) is 26.3 Å². The molecular formula is C19H22O2. The smallest absolute Gasteiger partial charge is 0.141 e. The molecule has 0 saturated carbocycles. The first-order valence-electron chi connectivity index (χ1n) is 7.21. The van der Waals surface area contributed by atoms with Crippen LogP contribution in [0, 0.1) is 20.8 Å². The molecule has 0 aliphatic heterocycles. The number of methoxy groups -OCH3 is 1. The van der Waals surface area contributed by atoms with Crippen LogP contribution in [0.5, 0.6) is 5.75 Å². The van der Waals surface area contributed by atoms with Gasteiger partial charge in [-0.15, -0.1) is 0 Å². The van der Waals surface area contributed by atoms with E-state index in [2.05, 4.69) is 32.9 Å². The SMILES string of the molecule is COc1ccccc1CC(=O)Cc1c(C)cc(C)cc1C. The Bertz CT molecular complexity index is 633. The van der Waals surface area contributed by atoms with Gasteiger partial charge in [0.25, 0.3) is 0 Å². The monoisotopic (exact) mass is 282 g/mol. The van der Waals surface area contributed by atoms with Crippen LogP contribution in [-0.2, 0) is 17.6 Å². The number of hydrogen-bond donors (Lipinski definition) is 0. The minimum absolute atomic E-state index is 0.217. The van der Waals surface area contributed by atoms with E-state index >= 15 is 0 Å². The predicted octanol–water partition coefficient (Wildman–Crippen LogP) is 3.97. The van der Waals surface area contributed by atoms with Gasteiger partial charge in [-0.3, -0.25) is 4.79 Å². The van der Waals surface area contributed by atoms with E-state index in [1.54, 1.807) is 7.11 Å². The van der Waals surface area contributed by atoms with Crippen LogP contribution >= 0.6 is 0 Å². The molecule has 2 aromatic rings. The fourth-order valence-corrected chi connectivity index (χ4v) is 2.81. The molecule has 0 aliphatic carbocycles. The minimum Gasteiger partial charge on any atom is -0.496 e. The van der Waals surface area contributed by atoms with Crippen molar-refractivity contribution in [1.29, 1.82) is 0 Å². The highest BCUT2D eigenvalue weighted by Gasteiger charge is 2.12. The van der Waals surface area contributed by atoms with Gasteiger partial charge in [-0.1, -0.05) is 35.9 Å². The van der Waals surface area contributed by atoms with Gasteiger partial charge in [0, 0.05) is 18.4 Å². The van der Waals surface area contributed by atoms with Crippen molar-refractivity contribution >= 4 is 5.78 Å². The van der Waals surface area contributed by atoms with E-state index in [9.17, 15) is 4.79 Å². The molecule has 0 bridgehead atoms. The van der Waals surface area contributed by atoms with Gasteiger partial charge in [-0.25, -0.2) is 0 Å². The third kappa shape index (κ3) is 3.72. The predicted molar refractivity (Wildman–Crippen MR) is 86.1 cm³/mol. The summed E-state index contributed by atoms with van der Waals surface area (Å²) in [6.45, 7) is 6.23. The van der Waals surface area contributed by atoms with E-state index in [4.69, 9.17) is 4.74 Å². The molecule has 0 aliphatic rings. The minimum atomic E-state index is 0.217. The van der Waals surface area contributed by atoms with E-state index in [-0.39, 0.29) is 5.78 Å². The van der Waals surface area contributed by atoms with Crippen molar-refractivity contribution in [3.8, 4) is 5.75 Å². The summed E-state index contributed by atoms with van der Waals surface area (Å²) in [6, 6.07) is 12.0. The second-order valence-electron chi connectivity index (χ2n) is 5.58. The number of hydrogen-bond acceptors (Lipinski definition) is 2. The summed E-state index contributed by atoms with van der Waals surface area (Å²) in [7, 11) is 1.64. The van der Waals surface area contributed by atoms with Gasteiger partial charge in [-0.2, -0.15) is 0 Å². The highest BCUT2D eigenvalue weighted by atomic mass is 16.5. The molecule has 2 rings (SSSR count). The molecule has 0 spiro atoms. The second-order valence-corrected chi connectivity index (χ2v) is 5.58. The lowest BCUT2D eigenvalue weighted by molar-refractivity contribution is -0.117. The van der Waals surface area contributed by atoms with Crippen LogP contribution in [0.1, 0.15) is 27.8 Å². The van der Waals surface area contributed by atoms with Gasteiger partial charge in [0.05, 0.1) is 7.11 Å². The van der Waals surface area contributed by atoms with Crippen molar-refractivity contribution < 1.29 is 9.53 Å². The van der Waals surface area contributed by atoms with E-state index in [0.29, 0.717) is 12.8 Å². The number of carbonyl (C=O) groups excluding carboxylic acids is 1. The molecule has 0 fully saturated rings. The zero-order valence-corrected chi connectivity index (χ0v) is 13.2. The van der Waals surface area contributed by atoms with Gasteiger partial charge >= 0.3 is 0 Å². The first-order valence-corrected chi connectivity index (χ1v) is 7.21. The summed E-state index contributed by atoms with van der Waals surface area (Å²) in [5.41, 5.74) is 5.74. The number of carbonyl (C=O) groups is 1. The standard InChI is InChI=1S/C19H22O2/c1-13-9-14(2)18(15(3)10-13)12-17(20)11-16-7-5-6-8-19(16)21-4/h5-10H,11-12H2,1-4H3. The molecule has 0 unspecified atom stereocenters. The summed E-state index contributed by atoms with van der Waals surface area (Å²) in [5.74, 6) is 0.998. The van der Waals surface area contributed by atoms with Crippen LogP contribution in [0.2, 0.25) is 0 Å². The first kappa shape index (κ1) is 15.3. The van der Waals surface area contributed by atoms with Crippen LogP contribution in [-0.4, -0.2) is 12.9 Å². The number of rotatable bonds is 5. The van der Waals surface area contributed by atoms with E-state index in [0.717, 1.165) is 16.9 Å². The Balaban J connectivity index is 2.16. The fourth-order valence-electron chi connectivity index (χ4n) is 2.81. The highest BCUT2D eigenvalue weighted by Crippen LogP contribution is 2.21. The molecular weight excluding hydrogens is 260 g/mol. The lowest BCUT2D eigenvalue weighted by Crippen LogP contribution is -2.10. The molecule has 21 heavy (non-hydrogen) atoms. The zero-order chi connectivity index (χ0) is 15.4. The van der Waals surface area contributed by atoms with Crippen molar-refractivity contribution in [2.24, 2.45) is 0 Å². The van der Waals surface area contributed by atoms with E-state index in [1.807, 2.05) is 24.3 Å². The molecule has 0 atom stereocenters. The number of ketones is 1. The van der Waals surface area contributed by atoms with Gasteiger partial charge in [0.2, 0.25) is 0 Å². The van der Waals surface area contributed by atoms with Crippen molar-refractivity contribution in [2.75, 3.05) is 7.11 Å². The Morgan fingerprint density at radius 3 is 2.24 bits per heavy atom. The second kappa shape index (κ2) is 6.57. The van der Waals surface area contributed by atoms with Gasteiger partial charge in [0.1, 0.15) is 11.5 Å². The summed E-state index contributed by atoms with van der Waals surface area (Å²) in [6.07, 6.45) is 0.896. The van der Waals surface area contributed by atoms with Crippen LogP contribution in [0.25, 0.3) is 0 Å². The molecule has 0 radical (unpaired) electrons. The Morgan fingerprint density at radius 2 is 1.62 bits per heavy atom. The van der Waals surface area contributed by atoms with Crippen molar-refractivity contribution in [1.82, 2.24) is 0 Å². The number of aryl methyl sites for hydroxylation is 3. The van der Waals surface area contributed by atoms with Gasteiger partial charge in [0.15, 0.2) is 0 Å². The highest BCUT2D eigenvalue weighted by molar-refractivity contribution is 5.84. The van der Waals surface area contributed by atoms with Gasteiger partial charge in [-0.05, 0) is 43.5 Å². The molecule has 0 saturated heterocycles. The lowest BCUT2D eigenvalue weighted by atomic mass is 9.94. The summed E-state index contributed by atoms with van der Waals surface area (Å²) < 4.78 is 5.31. The van der Waals surface area contributed by atoms with Crippen LogP contribution in [0.15, 0.2) is 36.4 Å². The molecule has 110 valence electrons. The third-order valence-corrected chi connectivity index (χ3v) is 3.79. The number of benzene rings is 2. The number of Topliss-reactive ketones (excluding diaryl/α,β-unsaturated/α-hetero) is 1. The maximum Gasteiger partial charge on any atom is 0.141 e. The average Bonchev–Trinajstić information content (AvgIpc) is 2.43. The fraction of sp³-hybridized carbons (Fsp3) is 0.316. The van der Waals surface area contributed by atoms with Crippen LogP contribution in [0.4, 0.5) is 0 Å². The molecule has 0 heterocycles. The Morgan fingerprint density at radius 1 is 1.00 bits per heavy atom. The van der Waals surface area contributed by atoms with Crippen molar-refractivity contribution in [3.63, 3.8) is 0 Å². The summed E-state index contributed by atoms with van der Waals surface area (Å²) in [4.78, 5) is 12.4. The van der Waals surface area contributed by atoms with Crippen molar-refractivity contribution in [3.05, 3.63) is 64.2 Å². The lowest BCUT2D eigenvalue weighted by Gasteiger charge is -2.12. The molecule has 2 heteroatoms. The number of ether oxygens (including phenoxy) is 1. The Hall–Kier alpha value is -2.09. The largest absolute Gasteiger partial charge is 0.496 e. The Labute approximate surface area is 126 Å². The summed E-state index contributed by atoms with van der Waals surface area (Å²) in [5, 5.41) is 0. The van der Waals surface area contributed by atoms with Crippen LogP contribution < -0.4 is 4.74 Å². The molecule has 0 N–H and O–H groups in total. The summed E-state index contributed by atoms with van der Waals surface area (Å²) >= 11 is 0. The maximum absolute atomic E-state index is 12.4. The van der Waals surface area contributed by atoms with E-state index in [1.165, 1.54) is 16.7 Å². The zero-order valence-electron chi connectivity index (χ0n) is 13.2. The van der Waals surface area contributed by atoms with Gasteiger partial charge < -0.3 is 4.74 Å². The maximum atomic E-state index is 12.4. The quantitative estimate of drug-likeness (QED) is 0.829. The molecule has 0 aromatic heterocycles. The molecule has 2 aromatic carbocycles. The van der Waals surface area contributed by atoms with Crippen molar-refractivity contribution in [2.45, 2.75) is 33.6 Å². The average molecular weight is 282 g/mol. The van der Waals surface area contributed by atoms with E-state index < -0.39 is 0 Å². The first-order chi connectivity index (χ1) is 10.0.